The fourth-order valence-electron chi connectivity index (χ4n) is 1.70. The van der Waals surface area contributed by atoms with Crippen molar-refractivity contribution in [3.05, 3.63) is 52.5 Å². The molecule has 1 N–H and O–H groups in total. The van der Waals surface area contributed by atoms with Crippen molar-refractivity contribution in [1.82, 2.24) is 9.97 Å². The lowest BCUT2D eigenvalue weighted by atomic mass is 10.2. The summed E-state index contributed by atoms with van der Waals surface area (Å²) in [7, 11) is 0. The van der Waals surface area contributed by atoms with Crippen molar-refractivity contribution in [3.8, 4) is 0 Å². The Morgan fingerprint density at radius 3 is 2.90 bits per heavy atom. The van der Waals surface area contributed by atoms with E-state index in [1.165, 1.54) is 35.9 Å². The van der Waals surface area contributed by atoms with Crippen molar-refractivity contribution in [3.63, 3.8) is 0 Å². The molecule has 2 heterocycles. The molecule has 0 saturated carbocycles. The van der Waals surface area contributed by atoms with Crippen molar-refractivity contribution in [1.29, 1.82) is 0 Å². The number of nitrogens with zero attached hydrogens (tertiary/aromatic N) is 2. The summed E-state index contributed by atoms with van der Waals surface area (Å²) in [5.74, 6) is -0.325. The van der Waals surface area contributed by atoms with Gasteiger partial charge in [-0.1, -0.05) is 17.7 Å². The monoisotopic (exact) mass is 307 g/mol. The molecule has 0 aliphatic rings. The largest absolute Gasteiger partial charge is 0.306 e. The fraction of sp³-hybridized carbons (Fsp3) is 0. The van der Waals surface area contributed by atoms with Crippen LogP contribution in [0, 0.1) is 5.82 Å². The molecular formula is C13H7ClFN3OS. The van der Waals surface area contributed by atoms with E-state index in [1.807, 2.05) is 0 Å². The van der Waals surface area contributed by atoms with Crippen molar-refractivity contribution >= 4 is 44.7 Å². The molecular weight excluding hydrogens is 301 g/mol. The number of rotatable bonds is 2. The Morgan fingerprint density at radius 1 is 1.25 bits per heavy atom. The van der Waals surface area contributed by atoms with Gasteiger partial charge in [-0.15, -0.1) is 11.3 Å². The van der Waals surface area contributed by atoms with E-state index in [4.69, 9.17) is 11.6 Å². The lowest BCUT2D eigenvalue weighted by Crippen LogP contribution is -2.11. The summed E-state index contributed by atoms with van der Waals surface area (Å²) in [6.07, 6.45) is 1.26. The number of amides is 1. The topological polar surface area (TPSA) is 54.9 Å². The Balaban J connectivity index is 1.88. The molecule has 3 aromatic rings. The van der Waals surface area contributed by atoms with Gasteiger partial charge in [0.15, 0.2) is 0 Å². The fourth-order valence-corrected chi connectivity index (χ4v) is 2.83. The Bertz CT molecular complexity index is 805. The molecule has 0 aliphatic heterocycles. The number of anilines is 1. The zero-order valence-electron chi connectivity index (χ0n) is 9.93. The van der Waals surface area contributed by atoms with E-state index >= 15 is 0 Å². The molecule has 0 aliphatic carbocycles. The van der Waals surface area contributed by atoms with Crippen LogP contribution in [0.2, 0.25) is 5.15 Å². The highest BCUT2D eigenvalue weighted by Crippen LogP contribution is 2.26. The molecule has 4 nitrogen and oxygen atoms in total. The van der Waals surface area contributed by atoms with Crippen molar-refractivity contribution in [2.45, 2.75) is 0 Å². The van der Waals surface area contributed by atoms with Crippen LogP contribution < -0.4 is 5.32 Å². The number of benzene rings is 1. The van der Waals surface area contributed by atoms with E-state index in [9.17, 15) is 9.18 Å². The molecule has 0 radical (unpaired) electrons. The number of hydrogen-bond donors (Lipinski definition) is 1. The van der Waals surface area contributed by atoms with Crippen molar-refractivity contribution in [2.75, 3.05) is 5.32 Å². The minimum absolute atomic E-state index is 0.244. The van der Waals surface area contributed by atoms with Crippen LogP contribution in [0.4, 0.5) is 10.2 Å². The molecule has 0 spiro atoms. The van der Waals surface area contributed by atoms with Crippen LogP contribution in [-0.2, 0) is 0 Å². The van der Waals surface area contributed by atoms with E-state index in [0.29, 0.717) is 10.7 Å². The highest BCUT2D eigenvalue weighted by atomic mass is 35.5. The minimum atomic E-state index is -0.325. The molecule has 0 atom stereocenters. The number of halogens is 2. The third kappa shape index (κ3) is 2.61. The summed E-state index contributed by atoms with van der Waals surface area (Å²) < 4.78 is 13.8. The van der Waals surface area contributed by atoms with Gasteiger partial charge in [0.05, 0.1) is 4.88 Å². The van der Waals surface area contributed by atoms with Crippen LogP contribution in [0.25, 0.3) is 10.1 Å². The van der Waals surface area contributed by atoms with Gasteiger partial charge in [-0.2, -0.15) is 0 Å². The normalized spacial score (nSPS) is 10.7. The second kappa shape index (κ2) is 5.15. The first-order chi connectivity index (χ1) is 9.61. The number of carbonyl (C=O) groups excluding carboxylic acids is 1. The Morgan fingerprint density at radius 2 is 2.10 bits per heavy atom. The van der Waals surface area contributed by atoms with Crippen LogP contribution >= 0.6 is 22.9 Å². The first kappa shape index (κ1) is 13.0. The van der Waals surface area contributed by atoms with Crippen LogP contribution in [0.15, 0.2) is 36.7 Å². The summed E-state index contributed by atoms with van der Waals surface area (Å²) in [5, 5.41) is 3.68. The molecule has 1 amide bonds. The summed E-state index contributed by atoms with van der Waals surface area (Å²) in [6.45, 7) is 0. The van der Waals surface area contributed by atoms with Gasteiger partial charge in [0.2, 0.25) is 0 Å². The molecule has 1 aromatic carbocycles. The second-order valence-corrected chi connectivity index (χ2v) is 5.44. The highest BCUT2D eigenvalue weighted by Gasteiger charge is 2.11. The quantitative estimate of drug-likeness (QED) is 0.734. The standard InChI is InChI=1S/C13H7ClFN3OS/c14-11-5-12(17-6-16-11)18-13(19)10-3-7-1-2-8(15)4-9(7)20-10/h1-6H,(H,16,17,18,19). The van der Waals surface area contributed by atoms with E-state index in [2.05, 4.69) is 15.3 Å². The SMILES string of the molecule is O=C(Nc1cc(Cl)ncn1)c1cc2ccc(F)cc2s1. The zero-order valence-corrected chi connectivity index (χ0v) is 11.5. The number of thiophene rings is 1. The number of aromatic nitrogens is 2. The molecule has 20 heavy (non-hydrogen) atoms. The highest BCUT2D eigenvalue weighted by molar-refractivity contribution is 7.20. The lowest BCUT2D eigenvalue weighted by Gasteiger charge is -2.01. The molecule has 100 valence electrons. The molecule has 7 heteroatoms. The minimum Gasteiger partial charge on any atom is -0.306 e. The first-order valence-electron chi connectivity index (χ1n) is 5.60. The van der Waals surface area contributed by atoms with Gasteiger partial charge in [-0.3, -0.25) is 4.79 Å². The van der Waals surface area contributed by atoms with Gasteiger partial charge in [-0.05, 0) is 23.6 Å². The van der Waals surface area contributed by atoms with E-state index in [1.54, 1.807) is 12.1 Å². The van der Waals surface area contributed by atoms with Gasteiger partial charge in [-0.25, -0.2) is 14.4 Å². The molecule has 0 fully saturated rings. The third-order valence-electron chi connectivity index (χ3n) is 2.58. The summed E-state index contributed by atoms with van der Waals surface area (Å²) in [6, 6.07) is 7.56. The van der Waals surface area contributed by atoms with Crippen LogP contribution in [-0.4, -0.2) is 15.9 Å². The third-order valence-corrected chi connectivity index (χ3v) is 3.88. The Labute approximate surface area is 122 Å². The van der Waals surface area contributed by atoms with E-state index < -0.39 is 0 Å². The smallest absolute Gasteiger partial charge is 0.266 e. The van der Waals surface area contributed by atoms with Crippen molar-refractivity contribution in [2.24, 2.45) is 0 Å². The number of hydrogen-bond acceptors (Lipinski definition) is 4. The maximum absolute atomic E-state index is 13.1. The zero-order chi connectivity index (χ0) is 14.1. The van der Waals surface area contributed by atoms with Gasteiger partial charge in [0.25, 0.3) is 5.91 Å². The molecule has 3 rings (SSSR count). The number of carbonyl (C=O) groups is 1. The summed E-state index contributed by atoms with van der Waals surface area (Å²) >= 11 is 6.93. The van der Waals surface area contributed by atoms with Crippen LogP contribution in [0.1, 0.15) is 9.67 Å². The van der Waals surface area contributed by atoms with Gasteiger partial charge >= 0.3 is 0 Å². The van der Waals surface area contributed by atoms with Crippen LogP contribution in [0.5, 0.6) is 0 Å². The van der Waals surface area contributed by atoms with Gasteiger partial charge in [0, 0.05) is 10.8 Å². The summed E-state index contributed by atoms with van der Waals surface area (Å²) in [5.41, 5.74) is 0. The lowest BCUT2D eigenvalue weighted by molar-refractivity contribution is 0.103. The van der Waals surface area contributed by atoms with E-state index in [-0.39, 0.29) is 16.9 Å². The number of fused-ring (bicyclic) bond motifs is 1. The van der Waals surface area contributed by atoms with Crippen LogP contribution in [0.3, 0.4) is 0 Å². The number of nitrogens with one attached hydrogen (secondary N) is 1. The summed E-state index contributed by atoms with van der Waals surface area (Å²) in [4.78, 5) is 20.2. The van der Waals surface area contributed by atoms with Gasteiger partial charge in [0.1, 0.15) is 23.1 Å². The average Bonchev–Trinajstić information content (AvgIpc) is 2.81. The van der Waals surface area contributed by atoms with E-state index in [0.717, 1.165) is 10.1 Å². The second-order valence-electron chi connectivity index (χ2n) is 3.97. The predicted octanol–water partition coefficient (Wildman–Crippen LogP) is 3.74. The Kier molecular flexibility index (Phi) is 3.33. The molecule has 0 saturated heterocycles. The van der Waals surface area contributed by atoms with Crippen molar-refractivity contribution < 1.29 is 9.18 Å². The maximum Gasteiger partial charge on any atom is 0.266 e. The van der Waals surface area contributed by atoms with Gasteiger partial charge < -0.3 is 5.32 Å². The first-order valence-corrected chi connectivity index (χ1v) is 6.79. The Hall–Kier alpha value is -2.05. The average molecular weight is 308 g/mol. The molecule has 0 bridgehead atoms. The molecule has 2 aromatic heterocycles. The maximum atomic E-state index is 13.1. The molecule has 0 unspecified atom stereocenters. The predicted molar refractivity (Wildman–Crippen MR) is 76.8 cm³/mol.